The topological polar surface area (TPSA) is 9.23 Å². The van der Waals surface area contributed by atoms with Crippen molar-refractivity contribution in [2.24, 2.45) is 5.41 Å². The van der Waals surface area contributed by atoms with Gasteiger partial charge in [-0.05, 0) is 18.6 Å². The van der Waals surface area contributed by atoms with Crippen LogP contribution in [-0.4, -0.2) is 31.3 Å². The molecule has 0 saturated heterocycles. The third kappa shape index (κ3) is 4.49. The molecule has 16 heavy (non-hydrogen) atoms. The van der Waals surface area contributed by atoms with Crippen LogP contribution in [0.5, 0.6) is 0 Å². The summed E-state index contributed by atoms with van der Waals surface area (Å²) in [5.41, 5.74) is -0.304. The van der Waals surface area contributed by atoms with Crippen LogP contribution in [0.4, 0.5) is 17.6 Å². The highest BCUT2D eigenvalue weighted by Crippen LogP contribution is 2.30. The van der Waals surface area contributed by atoms with Crippen LogP contribution in [0.2, 0.25) is 0 Å². The lowest BCUT2D eigenvalue weighted by atomic mass is 9.85. The predicted octanol–water partition coefficient (Wildman–Crippen LogP) is 3.64. The van der Waals surface area contributed by atoms with Crippen LogP contribution in [0, 0.1) is 5.41 Å². The van der Waals surface area contributed by atoms with E-state index in [1.165, 1.54) is 0 Å². The molecule has 0 aromatic rings. The number of hydrogen-bond acceptors (Lipinski definition) is 2. The van der Waals surface area contributed by atoms with Gasteiger partial charge in [0, 0.05) is 5.41 Å². The first-order valence-corrected chi connectivity index (χ1v) is 5.81. The third-order valence-electron chi connectivity index (χ3n) is 2.86. The summed E-state index contributed by atoms with van der Waals surface area (Å²) in [5.74, 6) is -3.58. The Kier molecular flexibility index (Phi) is 6.70. The molecule has 0 aliphatic rings. The minimum Gasteiger partial charge on any atom is -0.374 e. The van der Waals surface area contributed by atoms with Gasteiger partial charge in [0.25, 0.3) is 0 Å². The normalized spacial score (nSPS) is 13.5. The fourth-order valence-electron chi connectivity index (χ4n) is 1.19. The Balaban J connectivity index is 4.14. The van der Waals surface area contributed by atoms with Crippen molar-refractivity contribution in [2.75, 3.05) is 19.0 Å². The molecule has 0 aromatic heterocycles. The lowest BCUT2D eigenvalue weighted by Crippen LogP contribution is -2.36. The van der Waals surface area contributed by atoms with Crippen molar-refractivity contribution < 1.29 is 22.3 Å². The fraction of sp³-hybridized carbons (Fsp3) is 1.00. The van der Waals surface area contributed by atoms with Gasteiger partial charge in [-0.2, -0.15) is 21.4 Å². The molecule has 0 heterocycles. The standard InChI is InChI=1S/C10H18F4OS/c1-3-9(4-2,7-16)5-15-6-10(13,14)8(11)12/h8,16H,3-7H2,1-2H3. The highest BCUT2D eigenvalue weighted by molar-refractivity contribution is 7.80. The van der Waals surface area contributed by atoms with E-state index in [4.69, 9.17) is 4.74 Å². The third-order valence-corrected chi connectivity index (χ3v) is 3.53. The van der Waals surface area contributed by atoms with Crippen molar-refractivity contribution in [1.82, 2.24) is 0 Å². The summed E-state index contributed by atoms with van der Waals surface area (Å²) in [5, 5.41) is 0. The first-order valence-electron chi connectivity index (χ1n) is 5.18. The van der Waals surface area contributed by atoms with Crippen molar-refractivity contribution in [2.45, 2.75) is 39.0 Å². The van der Waals surface area contributed by atoms with Crippen molar-refractivity contribution in [3.05, 3.63) is 0 Å². The Morgan fingerprint density at radius 1 is 1.12 bits per heavy atom. The summed E-state index contributed by atoms with van der Waals surface area (Å²) in [7, 11) is 0. The van der Waals surface area contributed by atoms with E-state index in [-0.39, 0.29) is 12.0 Å². The molecule has 0 aliphatic heterocycles. The van der Waals surface area contributed by atoms with E-state index in [1.807, 2.05) is 13.8 Å². The molecular formula is C10H18F4OS. The number of ether oxygens (including phenoxy) is 1. The molecule has 0 aromatic carbocycles. The molecule has 0 saturated carbocycles. The maximum absolute atomic E-state index is 12.5. The van der Waals surface area contributed by atoms with E-state index in [9.17, 15) is 17.6 Å². The summed E-state index contributed by atoms with van der Waals surface area (Å²) in [6.45, 7) is 2.59. The molecule has 0 spiro atoms. The molecule has 0 N–H and O–H groups in total. The lowest BCUT2D eigenvalue weighted by molar-refractivity contribution is -0.171. The number of halogens is 4. The first-order chi connectivity index (χ1) is 7.33. The van der Waals surface area contributed by atoms with Gasteiger partial charge < -0.3 is 4.74 Å². The van der Waals surface area contributed by atoms with Crippen molar-refractivity contribution in [3.63, 3.8) is 0 Å². The fourth-order valence-corrected chi connectivity index (χ4v) is 1.73. The van der Waals surface area contributed by atoms with E-state index < -0.39 is 19.0 Å². The first kappa shape index (κ1) is 16.0. The molecule has 0 rings (SSSR count). The summed E-state index contributed by atoms with van der Waals surface area (Å²) < 4.78 is 53.5. The molecule has 1 nitrogen and oxygen atoms in total. The second-order valence-corrected chi connectivity index (χ2v) is 4.24. The maximum atomic E-state index is 12.5. The van der Waals surface area contributed by atoms with Gasteiger partial charge in [-0.25, -0.2) is 8.78 Å². The zero-order valence-corrected chi connectivity index (χ0v) is 10.4. The molecule has 0 radical (unpaired) electrons. The molecule has 98 valence electrons. The summed E-state index contributed by atoms with van der Waals surface area (Å²) >= 11 is 4.13. The second-order valence-electron chi connectivity index (χ2n) is 3.92. The lowest BCUT2D eigenvalue weighted by Gasteiger charge is -2.30. The van der Waals surface area contributed by atoms with Crippen LogP contribution >= 0.6 is 12.6 Å². The van der Waals surface area contributed by atoms with Crippen molar-refractivity contribution in [3.8, 4) is 0 Å². The van der Waals surface area contributed by atoms with Crippen LogP contribution in [0.1, 0.15) is 26.7 Å². The van der Waals surface area contributed by atoms with Gasteiger partial charge in [0.2, 0.25) is 0 Å². The minimum absolute atomic E-state index is 0.0335. The van der Waals surface area contributed by atoms with E-state index in [0.29, 0.717) is 18.6 Å². The Hall–Kier alpha value is 0.0300. The Morgan fingerprint density at radius 3 is 1.94 bits per heavy atom. The van der Waals surface area contributed by atoms with Crippen molar-refractivity contribution >= 4 is 12.6 Å². The highest BCUT2D eigenvalue weighted by atomic mass is 32.1. The van der Waals surface area contributed by atoms with Gasteiger partial charge >= 0.3 is 12.3 Å². The molecule has 0 unspecified atom stereocenters. The predicted molar refractivity (Wildman–Crippen MR) is 58.6 cm³/mol. The van der Waals surface area contributed by atoms with Crippen LogP contribution in [-0.2, 0) is 4.74 Å². The molecule has 0 bridgehead atoms. The van der Waals surface area contributed by atoms with Crippen LogP contribution in [0.25, 0.3) is 0 Å². The number of thiol groups is 1. The zero-order chi connectivity index (χ0) is 12.8. The quantitative estimate of drug-likeness (QED) is 0.519. The second kappa shape index (κ2) is 6.69. The van der Waals surface area contributed by atoms with Crippen LogP contribution in [0.3, 0.4) is 0 Å². The van der Waals surface area contributed by atoms with Gasteiger partial charge in [-0.15, -0.1) is 0 Å². The van der Waals surface area contributed by atoms with Crippen molar-refractivity contribution in [1.29, 1.82) is 0 Å². The van der Waals surface area contributed by atoms with Gasteiger partial charge in [-0.1, -0.05) is 13.8 Å². The van der Waals surface area contributed by atoms with E-state index in [0.717, 1.165) is 0 Å². The van der Waals surface area contributed by atoms with Crippen LogP contribution < -0.4 is 0 Å². The average molecular weight is 262 g/mol. The van der Waals surface area contributed by atoms with E-state index in [2.05, 4.69) is 12.6 Å². The van der Waals surface area contributed by atoms with Gasteiger partial charge in [0.1, 0.15) is 6.61 Å². The van der Waals surface area contributed by atoms with E-state index >= 15 is 0 Å². The molecule has 6 heteroatoms. The smallest absolute Gasteiger partial charge is 0.330 e. The summed E-state index contributed by atoms with van der Waals surface area (Å²) in [6.07, 6.45) is -2.25. The average Bonchev–Trinajstić information content (AvgIpc) is 2.25. The largest absolute Gasteiger partial charge is 0.374 e. The molecule has 0 fully saturated rings. The molecule has 0 amide bonds. The Bertz CT molecular complexity index is 187. The van der Waals surface area contributed by atoms with Gasteiger partial charge in [-0.3, -0.25) is 0 Å². The monoisotopic (exact) mass is 262 g/mol. The SMILES string of the molecule is CCC(CC)(CS)COCC(F)(F)C(F)F. The molecule has 0 aliphatic carbocycles. The zero-order valence-electron chi connectivity index (χ0n) is 9.48. The minimum atomic E-state index is -4.07. The molecule has 0 atom stereocenters. The maximum Gasteiger partial charge on any atom is 0.330 e. The summed E-state index contributed by atoms with van der Waals surface area (Å²) in [6, 6.07) is 0. The number of hydrogen-bond donors (Lipinski definition) is 1. The number of rotatable bonds is 8. The highest BCUT2D eigenvalue weighted by Gasteiger charge is 2.41. The van der Waals surface area contributed by atoms with Gasteiger partial charge in [0.15, 0.2) is 0 Å². The molecular weight excluding hydrogens is 244 g/mol. The summed E-state index contributed by atoms with van der Waals surface area (Å²) in [4.78, 5) is 0. The number of alkyl halides is 4. The van der Waals surface area contributed by atoms with Crippen LogP contribution in [0.15, 0.2) is 0 Å². The van der Waals surface area contributed by atoms with E-state index in [1.54, 1.807) is 0 Å². The Morgan fingerprint density at radius 2 is 1.62 bits per heavy atom. The Labute approximate surface area is 99.0 Å². The van der Waals surface area contributed by atoms with Gasteiger partial charge in [0.05, 0.1) is 6.61 Å².